The minimum absolute atomic E-state index is 0.118. The van der Waals surface area contributed by atoms with E-state index in [1.54, 1.807) is 36.9 Å². The summed E-state index contributed by atoms with van der Waals surface area (Å²) in [7, 11) is 0. The third kappa shape index (κ3) is 2.59. The lowest BCUT2D eigenvalue weighted by Gasteiger charge is -2.46. The molecule has 0 radical (unpaired) electrons. The molecule has 1 N–H and O–H groups in total. The molecule has 5 nitrogen and oxygen atoms in total. The summed E-state index contributed by atoms with van der Waals surface area (Å²) in [6.07, 6.45) is -0.872. The zero-order valence-corrected chi connectivity index (χ0v) is 12.8. The van der Waals surface area contributed by atoms with Gasteiger partial charge in [-0.25, -0.2) is 0 Å². The fraction of sp³-hybridized carbons (Fsp3) is 0.500. The van der Waals surface area contributed by atoms with Crippen molar-refractivity contribution in [2.24, 2.45) is 0 Å². The number of nitriles is 1. The van der Waals surface area contributed by atoms with Gasteiger partial charge < -0.3 is 14.7 Å². The molecule has 0 saturated heterocycles. The molecule has 5 heteroatoms. The van der Waals surface area contributed by atoms with E-state index in [-0.39, 0.29) is 5.91 Å². The van der Waals surface area contributed by atoms with Crippen LogP contribution >= 0.6 is 0 Å². The summed E-state index contributed by atoms with van der Waals surface area (Å²) in [5.74, 6) is 0.488. The summed E-state index contributed by atoms with van der Waals surface area (Å²) in [6, 6.07) is 6.65. The zero-order chi connectivity index (χ0) is 15.8. The quantitative estimate of drug-likeness (QED) is 0.903. The van der Waals surface area contributed by atoms with Crippen molar-refractivity contribution in [2.75, 3.05) is 6.54 Å². The number of carbonyl (C=O) groups is 1. The molecule has 0 aromatic heterocycles. The summed E-state index contributed by atoms with van der Waals surface area (Å²) < 4.78 is 5.84. The van der Waals surface area contributed by atoms with Gasteiger partial charge in [0.05, 0.1) is 17.7 Å². The Labute approximate surface area is 124 Å². The number of nitrogens with zero attached hydrogens (tertiary/aromatic N) is 2. The predicted molar refractivity (Wildman–Crippen MR) is 77.7 cm³/mol. The van der Waals surface area contributed by atoms with E-state index >= 15 is 0 Å². The summed E-state index contributed by atoms with van der Waals surface area (Å²) in [5.41, 5.74) is 0.348. The monoisotopic (exact) mass is 288 g/mol. The molecule has 0 aliphatic carbocycles. The van der Waals surface area contributed by atoms with Crippen LogP contribution in [0.25, 0.3) is 0 Å². The fourth-order valence-corrected chi connectivity index (χ4v) is 2.79. The molecule has 1 aromatic rings. The first kappa shape index (κ1) is 15.3. The van der Waals surface area contributed by atoms with Crippen molar-refractivity contribution < 1.29 is 14.6 Å². The molecule has 1 heterocycles. The van der Waals surface area contributed by atoms with Crippen LogP contribution in [0.3, 0.4) is 0 Å². The SMILES string of the molecule is CCN(C(C)=O)[C@H]1c2cc(C#N)ccc2OC(C)(C)[C@@H]1O. The van der Waals surface area contributed by atoms with Gasteiger partial charge in [0.2, 0.25) is 5.91 Å². The molecule has 21 heavy (non-hydrogen) atoms. The number of fused-ring (bicyclic) bond motifs is 1. The van der Waals surface area contributed by atoms with Gasteiger partial charge in [-0.05, 0) is 39.0 Å². The Balaban J connectivity index is 2.61. The van der Waals surface area contributed by atoms with E-state index < -0.39 is 17.7 Å². The molecule has 0 bridgehead atoms. The highest BCUT2D eigenvalue weighted by atomic mass is 16.5. The lowest BCUT2D eigenvalue weighted by molar-refractivity contribution is -0.142. The highest BCUT2D eigenvalue weighted by molar-refractivity contribution is 5.74. The third-order valence-electron chi connectivity index (χ3n) is 3.92. The van der Waals surface area contributed by atoms with Crippen LogP contribution in [0.1, 0.15) is 44.9 Å². The Bertz CT molecular complexity index is 604. The number of hydrogen-bond acceptors (Lipinski definition) is 4. The minimum Gasteiger partial charge on any atom is -0.485 e. The van der Waals surface area contributed by atoms with Gasteiger partial charge >= 0.3 is 0 Å². The summed E-state index contributed by atoms with van der Waals surface area (Å²) >= 11 is 0. The van der Waals surface area contributed by atoms with Crippen LogP contribution in [0.4, 0.5) is 0 Å². The molecule has 2 rings (SSSR count). The molecule has 1 aliphatic heterocycles. The zero-order valence-electron chi connectivity index (χ0n) is 12.8. The van der Waals surface area contributed by atoms with Crippen molar-refractivity contribution in [3.05, 3.63) is 29.3 Å². The maximum atomic E-state index is 11.9. The Morgan fingerprint density at radius 3 is 2.71 bits per heavy atom. The van der Waals surface area contributed by atoms with E-state index in [0.29, 0.717) is 23.4 Å². The van der Waals surface area contributed by atoms with E-state index in [4.69, 9.17) is 10.00 Å². The Morgan fingerprint density at radius 2 is 2.19 bits per heavy atom. The first-order valence-electron chi connectivity index (χ1n) is 7.00. The molecule has 2 atom stereocenters. The molecular formula is C16H20N2O3. The van der Waals surface area contributed by atoms with Crippen molar-refractivity contribution in [2.45, 2.75) is 45.4 Å². The molecule has 0 fully saturated rings. The number of amides is 1. The second-order valence-corrected chi connectivity index (χ2v) is 5.76. The molecule has 0 saturated carbocycles. The van der Waals surface area contributed by atoms with Gasteiger partial charge in [-0.15, -0.1) is 0 Å². The summed E-state index contributed by atoms with van der Waals surface area (Å²) in [4.78, 5) is 13.5. The first-order chi connectivity index (χ1) is 9.81. The number of aliphatic hydroxyl groups excluding tert-OH is 1. The van der Waals surface area contributed by atoms with Crippen LogP contribution in [0.2, 0.25) is 0 Å². The van der Waals surface area contributed by atoms with Crippen molar-refractivity contribution in [1.82, 2.24) is 4.90 Å². The topological polar surface area (TPSA) is 73.6 Å². The van der Waals surface area contributed by atoms with Crippen LogP contribution in [0.5, 0.6) is 5.75 Å². The van der Waals surface area contributed by atoms with Crippen molar-refractivity contribution in [3.8, 4) is 11.8 Å². The highest BCUT2D eigenvalue weighted by Gasteiger charge is 2.45. The number of aliphatic hydroxyl groups is 1. The maximum absolute atomic E-state index is 11.9. The second kappa shape index (κ2) is 5.38. The molecule has 0 unspecified atom stereocenters. The molecule has 1 amide bonds. The minimum atomic E-state index is -0.872. The smallest absolute Gasteiger partial charge is 0.220 e. The molecular weight excluding hydrogens is 268 g/mol. The van der Waals surface area contributed by atoms with Gasteiger partial charge in [-0.1, -0.05) is 0 Å². The van der Waals surface area contributed by atoms with E-state index in [2.05, 4.69) is 6.07 Å². The largest absolute Gasteiger partial charge is 0.485 e. The van der Waals surface area contributed by atoms with Gasteiger partial charge in [0.1, 0.15) is 17.5 Å². The van der Waals surface area contributed by atoms with E-state index in [1.165, 1.54) is 6.92 Å². The number of carbonyl (C=O) groups excluding carboxylic acids is 1. The number of rotatable bonds is 2. The second-order valence-electron chi connectivity index (χ2n) is 5.76. The van der Waals surface area contributed by atoms with Gasteiger partial charge in [-0.2, -0.15) is 5.26 Å². The van der Waals surface area contributed by atoms with Crippen LogP contribution < -0.4 is 4.74 Å². The lowest BCUT2D eigenvalue weighted by atomic mass is 9.85. The van der Waals surface area contributed by atoms with Crippen LogP contribution in [-0.4, -0.2) is 34.2 Å². The normalized spacial score (nSPS) is 22.7. The highest BCUT2D eigenvalue weighted by Crippen LogP contribution is 2.43. The van der Waals surface area contributed by atoms with Crippen molar-refractivity contribution in [1.29, 1.82) is 5.26 Å². The molecule has 1 aliphatic rings. The van der Waals surface area contributed by atoms with Gasteiger partial charge in [0.25, 0.3) is 0 Å². The average molecular weight is 288 g/mol. The lowest BCUT2D eigenvalue weighted by Crippen LogP contribution is -2.54. The number of ether oxygens (including phenoxy) is 1. The van der Waals surface area contributed by atoms with Gasteiger partial charge in [0.15, 0.2) is 0 Å². The van der Waals surface area contributed by atoms with E-state index in [0.717, 1.165) is 0 Å². The standard InChI is InChI=1S/C16H20N2O3/c1-5-18(10(2)19)14-12-8-11(9-17)6-7-13(12)21-16(3,4)15(14)20/h6-8,14-15,20H,5H2,1-4H3/t14-,15+/m0/s1. The van der Waals surface area contributed by atoms with Crippen LogP contribution in [0.15, 0.2) is 18.2 Å². The van der Waals surface area contributed by atoms with E-state index in [9.17, 15) is 9.90 Å². The Kier molecular flexibility index (Phi) is 3.93. The van der Waals surface area contributed by atoms with Crippen LogP contribution in [0, 0.1) is 11.3 Å². The number of likely N-dealkylation sites (N-methyl/N-ethyl adjacent to an activating group) is 1. The molecule has 1 aromatic carbocycles. The Hall–Kier alpha value is -2.06. The molecule has 0 spiro atoms. The first-order valence-corrected chi connectivity index (χ1v) is 7.00. The van der Waals surface area contributed by atoms with Crippen LogP contribution in [-0.2, 0) is 4.79 Å². The van der Waals surface area contributed by atoms with Gasteiger partial charge in [-0.3, -0.25) is 4.79 Å². The van der Waals surface area contributed by atoms with E-state index in [1.807, 2.05) is 6.92 Å². The number of benzene rings is 1. The predicted octanol–water partition coefficient (Wildman–Crippen LogP) is 2.00. The summed E-state index contributed by atoms with van der Waals surface area (Å²) in [6.45, 7) is 7.40. The maximum Gasteiger partial charge on any atom is 0.220 e. The third-order valence-corrected chi connectivity index (χ3v) is 3.92. The van der Waals surface area contributed by atoms with Gasteiger partial charge in [0, 0.05) is 19.0 Å². The van der Waals surface area contributed by atoms with Crippen molar-refractivity contribution in [3.63, 3.8) is 0 Å². The average Bonchev–Trinajstić information content (AvgIpc) is 2.42. The Morgan fingerprint density at radius 1 is 1.52 bits per heavy atom. The summed E-state index contributed by atoms with van der Waals surface area (Å²) in [5, 5.41) is 19.7. The molecule has 112 valence electrons. The fourth-order valence-electron chi connectivity index (χ4n) is 2.79. The number of hydrogen-bond donors (Lipinski definition) is 1. The van der Waals surface area contributed by atoms with Crippen molar-refractivity contribution >= 4 is 5.91 Å².